The Kier molecular flexibility index (Phi) is 3.45. The van der Waals surface area contributed by atoms with E-state index < -0.39 is 0 Å². The molecule has 2 aliphatic rings. The number of carbonyl (C=O) groups excluding carboxylic acids is 2. The number of Topliss-reactive ketones (excluding diaryl/α,β-unsaturated/α-hetero) is 1. The average Bonchev–Trinajstić information content (AvgIpc) is 3.37. The number of carbonyl (C=O) groups is 2. The summed E-state index contributed by atoms with van der Waals surface area (Å²) in [5.74, 6) is 0.780. The van der Waals surface area contributed by atoms with E-state index in [1.807, 2.05) is 31.2 Å². The number of ether oxygens (including phenoxy) is 2. The zero-order valence-electron chi connectivity index (χ0n) is 13.2. The van der Waals surface area contributed by atoms with Crippen LogP contribution in [0.25, 0.3) is 6.08 Å². The van der Waals surface area contributed by atoms with Gasteiger partial charge in [0, 0.05) is 6.07 Å². The van der Waals surface area contributed by atoms with Gasteiger partial charge < -0.3 is 9.47 Å². The molecule has 0 bridgehead atoms. The monoisotopic (exact) mass is 320 g/mol. The van der Waals surface area contributed by atoms with Crippen LogP contribution < -0.4 is 9.47 Å². The van der Waals surface area contributed by atoms with Crippen LogP contribution in [0.15, 0.2) is 48.2 Å². The molecule has 4 heteroatoms. The highest BCUT2D eigenvalue weighted by Gasteiger charge is 2.32. The first-order valence-electron chi connectivity index (χ1n) is 7.97. The van der Waals surface area contributed by atoms with Crippen LogP contribution in [-0.2, 0) is 4.79 Å². The minimum atomic E-state index is -0.213. The van der Waals surface area contributed by atoms with Gasteiger partial charge in [0.1, 0.15) is 11.5 Å². The van der Waals surface area contributed by atoms with E-state index >= 15 is 0 Å². The Labute approximate surface area is 139 Å². The van der Waals surface area contributed by atoms with Gasteiger partial charge >= 0.3 is 5.97 Å². The van der Waals surface area contributed by atoms with Crippen LogP contribution in [0.4, 0.5) is 0 Å². The van der Waals surface area contributed by atoms with E-state index in [-0.39, 0.29) is 23.4 Å². The summed E-state index contributed by atoms with van der Waals surface area (Å²) in [5, 5.41) is 0. The summed E-state index contributed by atoms with van der Waals surface area (Å²) in [4.78, 5) is 24.2. The fourth-order valence-corrected chi connectivity index (χ4v) is 2.64. The molecule has 2 aromatic carbocycles. The molecule has 1 fully saturated rings. The van der Waals surface area contributed by atoms with E-state index in [0.717, 1.165) is 24.0 Å². The van der Waals surface area contributed by atoms with Crippen LogP contribution in [0.3, 0.4) is 0 Å². The van der Waals surface area contributed by atoms with E-state index in [9.17, 15) is 9.59 Å². The number of aryl methyl sites for hydroxylation is 1. The molecule has 24 heavy (non-hydrogen) atoms. The lowest BCUT2D eigenvalue weighted by Crippen LogP contribution is -2.09. The molecule has 0 amide bonds. The molecule has 0 atom stereocenters. The Morgan fingerprint density at radius 2 is 2.00 bits per heavy atom. The predicted octanol–water partition coefficient (Wildman–Crippen LogP) is 3.93. The molecule has 0 unspecified atom stereocenters. The lowest BCUT2D eigenvalue weighted by molar-refractivity contribution is -0.135. The minimum absolute atomic E-state index is 0.0253. The highest BCUT2D eigenvalue weighted by Crippen LogP contribution is 2.36. The summed E-state index contributed by atoms with van der Waals surface area (Å²) in [6.45, 7) is 1.98. The van der Waals surface area contributed by atoms with Crippen molar-refractivity contribution in [3.05, 3.63) is 64.9 Å². The maximum absolute atomic E-state index is 12.5. The molecule has 2 aromatic rings. The van der Waals surface area contributed by atoms with Gasteiger partial charge in [0.15, 0.2) is 5.76 Å². The molecule has 0 radical (unpaired) electrons. The van der Waals surface area contributed by atoms with Crippen molar-refractivity contribution in [1.29, 1.82) is 0 Å². The fraction of sp³-hybridized carbons (Fsp3) is 0.200. The van der Waals surface area contributed by atoms with Crippen molar-refractivity contribution in [2.45, 2.75) is 19.8 Å². The molecule has 0 N–H and O–H groups in total. The summed E-state index contributed by atoms with van der Waals surface area (Å²) >= 11 is 0. The molecule has 0 spiro atoms. The van der Waals surface area contributed by atoms with Crippen molar-refractivity contribution < 1.29 is 19.1 Å². The Morgan fingerprint density at radius 3 is 2.75 bits per heavy atom. The molecule has 4 rings (SSSR count). The number of rotatable bonds is 3. The van der Waals surface area contributed by atoms with Gasteiger partial charge in [-0.2, -0.15) is 0 Å². The quantitative estimate of drug-likeness (QED) is 0.488. The van der Waals surface area contributed by atoms with Crippen molar-refractivity contribution in [3.8, 4) is 11.5 Å². The third-order valence-electron chi connectivity index (χ3n) is 4.25. The lowest BCUT2D eigenvalue weighted by Gasteiger charge is -2.04. The van der Waals surface area contributed by atoms with E-state index in [4.69, 9.17) is 9.47 Å². The number of fused-ring (bicyclic) bond motifs is 1. The first-order chi connectivity index (χ1) is 11.6. The van der Waals surface area contributed by atoms with Gasteiger partial charge in [0.05, 0.1) is 11.5 Å². The first kappa shape index (κ1) is 14.7. The first-order valence-corrected chi connectivity index (χ1v) is 7.97. The maximum Gasteiger partial charge on any atom is 0.314 e. The normalized spacial score (nSPS) is 17.5. The zero-order valence-corrected chi connectivity index (χ0v) is 13.2. The smallest absolute Gasteiger partial charge is 0.314 e. The largest absolute Gasteiger partial charge is 0.452 e. The molecular weight excluding hydrogens is 304 g/mol. The molecule has 1 heterocycles. The lowest BCUT2D eigenvalue weighted by atomic mass is 10.1. The standard InChI is InChI=1S/C20H16O4/c1-12-4-2-3-5-14(12)10-18-19(21)16-9-8-15(11-17(16)24-18)23-20(22)13-6-7-13/h2-5,8-11,13H,6-7H2,1H3. The number of allylic oxidation sites excluding steroid dienone is 1. The fourth-order valence-electron chi connectivity index (χ4n) is 2.64. The zero-order chi connectivity index (χ0) is 16.7. The minimum Gasteiger partial charge on any atom is -0.452 e. The Morgan fingerprint density at radius 1 is 1.21 bits per heavy atom. The van der Waals surface area contributed by atoms with Crippen LogP contribution >= 0.6 is 0 Å². The van der Waals surface area contributed by atoms with E-state index in [0.29, 0.717) is 17.1 Å². The van der Waals surface area contributed by atoms with E-state index in [1.54, 1.807) is 24.3 Å². The van der Waals surface area contributed by atoms with Gasteiger partial charge in [-0.25, -0.2) is 0 Å². The highest BCUT2D eigenvalue weighted by atomic mass is 16.5. The van der Waals surface area contributed by atoms with Crippen LogP contribution in [0.5, 0.6) is 11.5 Å². The summed E-state index contributed by atoms with van der Waals surface area (Å²) in [5.41, 5.74) is 2.49. The summed E-state index contributed by atoms with van der Waals surface area (Å²) in [6, 6.07) is 12.7. The van der Waals surface area contributed by atoms with Gasteiger partial charge in [-0.1, -0.05) is 24.3 Å². The van der Waals surface area contributed by atoms with Crippen molar-refractivity contribution in [2.75, 3.05) is 0 Å². The molecule has 4 nitrogen and oxygen atoms in total. The topological polar surface area (TPSA) is 52.6 Å². The Balaban J connectivity index is 1.60. The maximum atomic E-state index is 12.5. The van der Waals surface area contributed by atoms with Gasteiger partial charge in [0.25, 0.3) is 0 Å². The van der Waals surface area contributed by atoms with E-state index in [2.05, 4.69) is 0 Å². The van der Waals surface area contributed by atoms with Gasteiger partial charge in [0.2, 0.25) is 5.78 Å². The van der Waals surface area contributed by atoms with Crippen molar-refractivity contribution >= 4 is 17.8 Å². The highest BCUT2D eigenvalue weighted by molar-refractivity contribution is 6.14. The van der Waals surface area contributed by atoms with Crippen molar-refractivity contribution in [1.82, 2.24) is 0 Å². The van der Waals surface area contributed by atoms with Gasteiger partial charge in [-0.3, -0.25) is 9.59 Å². The van der Waals surface area contributed by atoms with Gasteiger partial charge in [-0.05, 0) is 49.1 Å². The number of benzene rings is 2. The number of ketones is 1. The molecular formula is C20H16O4. The predicted molar refractivity (Wildman–Crippen MR) is 88.9 cm³/mol. The molecule has 0 saturated heterocycles. The van der Waals surface area contributed by atoms with Crippen LogP contribution in [0.1, 0.15) is 34.3 Å². The molecule has 1 saturated carbocycles. The number of hydrogen-bond donors (Lipinski definition) is 0. The van der Waals surface area contributed by atoms with Crippen molar-refractivity contribution in [3.63, 3.8) is 0 Å². The second kappa shape index (κ2) is 5.64. The number of hydrogen-bond acceptors (Lipinski definition) is 4. The second-order valence-electron chi connectivity index (χ2n) is 6.15. The summed E-state index contributed by atoms with van der Waals surface area (Å²) in [6.07, 6.45) is 3.53. The SMILES string of the molecule is Cc1ccccc1C=C1Oc2cc(OC(=O)C3CC3)ccc2C1=O. The summed E-state index contributed by atoms with van der Waals surface area (Å²) in [7, 11) is 0. The second-order valence-corrected chi connectivity index (χ2v) is 6.15. The third-order valence-corrected chi connectivity index (χ3v) is 4.25. The Hall–Kier alpha value is -2.88. The van der Waals surface area contributed by atoms with Gasteiger partial charge in [-0.15, -0.1) is 0 Å². The Bertz CT molecular complexity index is 875. The molecule has 1 aliphatic carbocycles. The average molecular weight is 320 g/mol. The molecule has 0 aromatic heterocycles. The number of esters is 1. The summed E-state index contributed by atoms with van der Waals surface area (Å²) < 4.78 is 11.0. The molecule has 120 valence electrons. The van der Waals surface area contributed by atoms with Crippen LogP contribution in [-0.4, -0.2) is 11.8 Å². The van der Waals surface area contributed by atoms with Crippen molar-refractivity contribution in [2.24, 2.45) is 5.92 Å². The van der Waals surface area contributed by atoms with E-state index in [1.165, 1.54) is 0 Å². The third kappa shape index (κ3) is 2.71. The van der Waals surface area contributed by atoms with Crippen LogP contribution in [0.2, 0.25) is 0 Å². The molecule has 1 aliphatic heterocycles. The van der Waals surface area contributed by atoms with Crippen LogP contribution in [0, 0.1) is 12.8 Å².